The number of nitrogens with one attached hydrogen (secondary N) is 4. The monoisotopic (exact) mass is 474 g/mol. The fourth-order valence-corrected chi connectivity index (χ4v) is 4.51. The Kier molecular flexibility index (Phi) is 8.46. The van der Waals surface area contributed by atoms with Crippen molar-refractivity contribution in [1.29, 1.82) is 0 Å². The van der Waals surface area contributed by atoms with Crippen molar-refractivity contribution in [1.82, 2.24) is 21.3 Å². The Bertz CT molecular complexity index is 905. The van der Waals surface area contributed by atoms with Gasteiger partial charge in [0.15, 0.2) is 5.76 Å². The van der Waals surface area contributed by atoms with Gasteiger partial charge in [-0.15, -0.1) is 0 Å². The third kappa shape index (κ3) is 6.03. The van der Waals surface area contributed by atoms with E-state index in [0.29, 0.717) is 25.8 Å². The van der Waals surface area contributed by atoms with Crippen molar-refractivity contribution in [3.63, 3.8) is 0 Å². The van der Waals surface area contributed by atoms with Gasteiger partial charge in [0.05, 0.1) is 12.3 Å². The van der Waals surface area contributed by atoms with Crippen molar-refractivity contribution >= 4 is 29.4 Å². The molecule has 2 aliphatic rings. The zero-order valence-corrected chi connectivity index (χ0v) is 19.8. The maximum absolute atomic E-state index is 13.5. The molecular formula is C24H34N4O6. The van der Waals surface area contributed by atoms with Gasteiger partial charge < -0.3 is 25.7 Å². The van der Waals surface area contributed by atoms with Gasteiger partial charge in [-0.05, 0) is 50.2 Å². The summed E-state index contributed by atoms with van der Waals surface area (Å²) < 4.78 is 5.16. The van der Waals surface area contributed by atoms with Gasteiger partial charge in [0, 0.05) is 6.54 Å². The van der Waals surface area contributed by atoms with Crippen LogP contribution in [-0.4, -0.2) is 53.6 Å². The van der Waals surface area contributed by atoms with Crippen LogP contribution >= 0.6 is 0 Å². The number of carbonyl (C=O) groups is 5. The summed E-state index contributed by atoms with van der Waals surface area (Å²) in [7, 11) is 0. The first-order valence-corrected chi connectivity index (χ1v) is 12.0. The quantitative estimate of drug-likeness (QED) is 0.417. The van der Waals surface area contributed by atoms with E-state index in [4.69, 9.17) is 4.42 Å². The topological polar surface area (TPSA) is 147 Å². The molecule has 2 fully saturated rings. The summed E-state index contributed by atoms with van der Waals surface area (Å²) in [4.78, 5) is 64.0. The van der Waals surface area contributed by atoms with E-state index in [0.717, 1.165) is 32.1 Å². The Labute approximate surface area is 199 Å². The summed E-state index contributed by atoms with van der Waals surface area (Å²) in [5, 5.41) is 10.8. The van der Waals surface area contributed by atoms with Crippen LogP contribution in [0.4, 0.5) is 0 Å². The lowest BCUT2D eigenvalue weighted by molar-refractivity contribution is -0.143. The van der Waals surface area contributed by atoms with Crippen LogP contribution in [0.3, 0.4) is 0 Å². The normalized spacial score (nSPS) is 21.0. The fourth-order valence-electron chi connectivity index (χ4n) is 4.51. The van der Waals surface area contributed by atoms with Crippen LogP contribution in [0.15, 0.2) is 22.8 Å². The predicted octanol–water partition coefficient (Wildman–Crippen LogP) is 1.21. The zero-order valence-electron chi connectivity index (χ0n) is 19.8. The molecule has 0 spiro atoms. The van der Waals surface area contributed by atoms with Crippen molar-refractivity contribution in [2.24, 2.45) is 5.92 Å². The summed E-state index contributed by atoms with van der Waals surface area (Å²) in [6.45, 7) is 3.99. The minimum Gasteiger partial charge on any atom is -0.459 e. The van der Waals surface area contributed by atoms with Crippen molar-refractivity contribution < 1.29 is 28.4 Å². The summed E-state index contributed by atoms with van der Waals surface area (Å²) in [6.07, 6.45) is 6.63. The number of amides is 4. The third-order valence-corrected chi connectivity index (χ3v) is 6.54. The maximum Gasteiger partial charge on any atom is 0.290 e. The molecule has 0 bridgehead atoms. The Balaban J connectivity index is 1.72. The van der Waals surface area contributed by atoms with E-state index in [-0.39, 0.29) is 17.6 Å². The second kappa shape index (κ2) is 11.3. The molecule has 1 aromatic rings. The molecule has 0 radical (unpaired) electrons. The summed E-state index contributed by atoms with van der Waals surface area (Å²) in [5.74, 6) is -3.33. The molecule has 2 atom stereocenters. The highest BCUT2D eigenvalue weighted by Crippen LogP contribution is 2.29. The smallest absolute Gasteiger partial charge is 0.290 e. The molecular weight excluding hydrogens is 440 g/mol. The summed E-state index contributed by atoms with van der Waals surface area (Å²) in [6, 6.07) is 1.22. The van der Waals surface area contributed by atoms with Crippen molar-refractivity contribution in [3.8, 4) is 0 Å². The average molecular weight is 475 g/mol. The Hall–Kier alpha value is -3.17. The lowest BCUT2D eigenvalue weighted by atomic mass is 9.80. The number of hydrogen-bond donors (Lipinski definition) is 4. The molecule has 0 aromatic carbocycles. The first kappa shape index (κ1) is 25.5. The van der Waals surface area contributed by atoms with Gasteiger partial charge in [-0.2, -0.15) is 0 Å². The van der Waals surface area contributed by atoms with Gasteiger partial charge in [0.1, 0.15) is 11.6 Å². The van der Waals surface area contributed by atoms with Crippen LogP contribution in [0.5, 0.6) is 0 Å². The number of Topliss-reactive ketones (excluding diaryl/α,β-unsaturated/α-hetero) is 1. The molecule has 34 heavy (non-hydrogen) atoms. The first-order valence-electron chi connectivity index (χ1n) is 12.0. The van der Waals surface area contributed by atoms with Crippen LogP contribution in [0.1, 0.15) is 75.8 Å². The van der Waals surface area contributed by atoms with E-state index in [1.54, 1.807) is 19.9 Å². The molecule has 4 amide bonds. The average Bonchev–Trinajstić information content (AvgIpc) is 3.29. The maximum atomic E-state index is 13.5. The van der Waals surface area contributed by atoms with Crippen LogP contribution in [0.25, 0.3) is 0 Å². The molecule has 186 valence electrons. The highest BCUT2D eigenvalue weighted by molar-refractivity contribution is 6.39. The molecule has 3 rings (SSSR count). The Morgan fingerprint density at radius 2 is 1.82 bits per heavy atom. The van der Waals surface area contributed by atoms with Crippen LogP contribution in [0, 0.1) is 5.92 Å². The van der Waals surface area contributed by atoms with E-state index in [2.05, 4.69) is 21.3 Å². The van der Waals surface area contributed by atoms with Gasteiger partial charge in [-0.3, -0.25) is 24.0 Å². The van der Waals surface area contributed by atoms with Gasteiger partial charge in [0.25, 0.3) is 11.8 Å². The van der Waals surface area contributed by atoms with E-state index in [1.807, 2.05) is 0 Å². The predicted molar refractivity (Wildman–Crippen MR) is 123 cm³/mol. The van der Waals surface area contributed by atoms with Crippen molar-refractivity contribution in [3.05, 3.63) is 24.2 Å². The molecule has 1 saturated carbocycles. The summed E-state index contributed by atoms with van der Waals surface area (Å²) >= 11 is 0. The van der Waals surface area contributed by atoms with Crippen molar-refractivity contribution in [2.75, 3.05) is 6.54 Å². The number of hydrogen-bond acceptors (Lipinski definition) is 6. The molecule has 4 N–H and O–H groups in total. The largest absolute Gasteiger partial charge is 0.459 e. The van der Waals surface area contributed by atoms with Gasteiger partial charge in [-0.25, -0.2) is 0 Å². The lowest BCUT2D eigenvalue weighted by Gasteiger charge is -2.37. The second-order valence-corrected chi connectivity index (χ2v) is 9.45. The Morgan fingerprint density at radius 1 is 1.09 bits per heavy atom. The molecule has 1 aliphatic heterocycles. The summed E-state index contributed by atoms with van der Waals surface area (Å²) in [5.41, 5.74) is -1.20. The van der Waals surface area contributed by atoms with E-state index < -0.39 is 41.1 Å². The zero-order chi connectivity index (χ0) is 24.7. The number of ketones is 1. The number of carbonyl (C=O) groups excluding carboxylic acids is 5. The minimum atomic E-state index is -1.20. The molecule has 10 nitrogen and oxygen atoms in total. The molecule has 10 heteroatoms. The first-order chi connectivity index (χ1) is 16.2. The second-order valence-electron chi connectivity index (χ2n) is 9.45. The number of rotatable bonds is 8. The molecule has 1 aromatic heterocycles. The van der Waals surface area contributed by atoms with Crippen LogP contribution in [-0.2, 0) is 19.2 Å². The highest BCUT2D eigenvalue weighted by Gasteiger charge is 2.44. The number of furan rings is 1. The third-order valence-electron chi connectivity index (χ3n) is 6.54. The van der Waals surface area contributed by atoms with Gasteiger partial charge in [0.2, 0.25) is 17.6 Å². The molecule has 2 heterocycles. The van der Waals surface area contributed by atoms with Crippen LogP contribution < -0.4 is 21.3 Å². The van der Waals surface area contributed by atoms with Crippen LogP contribution in [0.2, 0.25) is 0 Å². The SMILES string of the molecule is CC(C)[C@H](NC(=O)C1(NC(=O)c2ccco2)CCCCC1)C(=O)C(=O)N[C@H]1CCCCNC1=O. The minimum absolute atomic E-state index is 0.0929. The van der Waals surface area contributed by atoms with Gasteiger partial charge >= 0.3 is 0 Å². The van der Waals surface area contributed by atoms with E-state index in [1.165, 1.54) is 12.3 Å². The van der Waals surface area contributed by atoms with E-state index in [9.17, 15) is 24.0 Å². The fraction of sp³-hybridized carbons (Fsp3) is 0.625. The molecule has 1 aliphatic carbocycles. The van der Waals surface area contributed by atoms with Gasteiger partial charge in [-0.1, -0.05) is 33.1 Å². The lowest BCUT2D eigenvalue weighted by Crippen LogP contribution is -2.63. The molecule has 1 saturated heterocycles. The van der Waals surface area contributed by atoms with E-state index >= 15 is 0 Å². The standard InChI is InChI=1S/C24H34N4O6/c1-15(2)18(19(29)22(32)26-16-9-4-7-13-25-20(16)30)27-23(33)24(11-5-3-6-12-24)28-21(31)17-10-8-14-34-17/h8,10,14-16,18H,3-7,9,11-13H2,1-2H3,(H,25,30)(H,26,32)(H,27,33)(H,28,31)/t16-,18-/m0/s1. The highest BCUT2D eigenvalue weighted by atomic mass is 16.3. The Morgan fingerprint density at radius 3 is 2.47 bits per heavy atom. The van der Waals surface area contributed by atoms with Crippen molar-refractivity contribution in [2.45, 2.75) is 82.8 Å². The molecule has 0 unspecified atom stereocenters.